The Kier molecular flexibility index (Phi) is 5.98. The number of aromatic nitrogens is 1. The number of hydrogen-bond donors (Lipinski definition) is 2. The Morgan fingerprint density at radius 2 is 2.09 bits per heavy atom. The van der Waals surface area contributed by atoms with E-state index in [1.54, 1.807) is 18.4 Å². The molecule has 0 saturated heterocycles. The molecule has 124 valence electrons. The average Bonchev–Trinajstić information content (AvgIpc) is 2.92. The van der Waals surface area contributed by atoms with E-state index in [0.717, 1.165) is 23.2 Å². The molecule has 1 saturated carbocycles. The van der Waals surface area contributed by atoms with Crippen LogP contribution in [0.4, 0.5) is 0 Å². The van der Waals surface area contributed by atoms with Crippen LogP contribution in [-0.4, -0.2) is 24.0 Å². The summed E-state index contributed by atoms with van der Waals surface area (Å²) in [6, 6.07) is 0.581. The lowest BCUT2D eigenvalue weighted by molar-refractivity contribution is -0.119. The molecule has 0 bridgehead atoms. The molecule has 1 aliphatic rings. The van der Waals surface area contributed by atoms with Crippen LogP contribution in [0.15, 0.2) is 5.38 Å². The maximum absolute atomic E-state index is 11.4. The summed E-state index contributed by atoms with van der Waals surface area (Å²) >= 11 is 1.57. The first-order valence-corrected chi connectivity index (χ1v) is 9.15. The molecule has 0 aromatic carbocycles. The number of amides is 1. The fraction of sp³-hybridized carbons (Fsp3) is 0.765. The van der Waals surface area contributed by atoms with Gasteiger partial charge in [-0.05, 0) is 24.2 Å². The molecule has 1 heterocycles. The molecule has 22 heavy (non-hydrogen) atoms. The number of carbonyl (C=O) groups is 1. The van der Waals surface area contributed by atoms with E-state index in [4.69, 9.17) is 0 Å². The van der Waals surface area contributed by atoms with E-state index in [9.17, 15) is 4.79 Å². The standard InChI is InChI=1S/C17H29N3OS/c1-17(2,3)13-7-5-6-8-14(13)19-10-12-11-22-16(20-12)9-15(21)18-4/h11,13-14,19H,5-10H2,1-4H3,(H,18,21)/t13-,14+/m1/s1. The van der Waals surface area contributed by atoms with Gasteiger partial charge in [-0.1, -0.05) is 33.6 Å². The zero-order chi connectivity index (χ0) is 16.2. The van der Waals surface area contributed by atoms with E-state index in [1.165, 1.54) is 25.7 Å². The predicted octanol–water partition coefficient (Wildman–Crippen LogP) is 3.13. The van der Waals surface area contributed by atoms with E-state index in [0.29, 0.717) is 17.9 Å². The summed E-state index contributed by atoms with van der Waals surface area (Å²) in [5.74, 6) is 0.749. The maximum Gasteiger partial charge on any atom is 0.226 e. The van der Waals surface area contributed by atoms with Crippen LogP contribution >= 0.6 is 11.3 Å². The van der Waals surface area contributed by atoms with Crippen molar-refractivity contribution in [2.24, 2.45) is 11.3 Å². The highest BCUT2D eigenvalue weighted by Gasteiger charge is 2.33. The molecule has 0 radical (unpaired) electrons. The number of rotatable bonds is 5. The Balaban J connectivity index is 1.90. The smallest absolute Gasteiger partial charge is 0.226 e. The third-order valence-electron chi connectivity index (χ3n) is 4.61. The van der Waals surface area contributed by atoms with Gasteiger partial charge >= 0.3 is 0 Å². The molecule has 0 spiro atoms. The van der Waals surface area contributed by atoms with Crippen molar-refractivity contribution in [1.29, 1.82) is 0 Å². The fourth-order valence-corrected chi connectivity index (χ4v) is 4.18. The molecule has 0 unspecified atom stereocenters. The van der Waals surface area contributed by atoms with Crippen LogP contribution < -0.4 is 10.6 Å². The monoisotopic (exact) mass is 323 g/mol. The van der Waals surface area contributed by atoms with Crippen LogP contribution in [0, 0.1) is 11.3 Å². The first-order chi connectivity index (χ1) is 10.4. The lowest BCUT2D eigenvalue weighted by atomic mass is 9.69. The summed E-state index contributed by atoms with van der Waals surface area (Å²) in [7, 11) is 1.66. The largest absolute Gasteiger partial charge is 0.359 e. The van der Waals surface area contributed by atoms with Gasteiger partial charge in [0, 0.05) is 25.0 Å². The first kappa shape index (κ1) is 17.4. The Bertz CT molecular complexity index is 492. The van der Waals surface area contributed by atoms with Gasteiger partial charge in [-0.15, -0.1) is 11.3 Å². The number of likely N-dealkylation sites (N-methyl/N-ethyl adjacent to an activating group) is 1. The van der Waals surface area contributed by atoms with E-state index in [1.807, 2.05) is 0 Å². The predicted molar refractivity (Wildman–Crippen MR) is 91.9 cm³/mol. The summed E-state index contributed by atoms with van der Waals surface area (Å²) in [4.78, 5) is 16.0. The van der Waals surface area contributed by atoms with Crippen molar-refractivity contribution in [3.8, 4) is 0 Å². The number of hydrogen-bond acceptors (Lipinski definition) is 4. The summed E-state index contributed by atoms with van der Waals surface area (Å²) in [5.41, 5.74) is 1.41. The molecule has 0 aliphatic heterocycles. The quantitative estimate of drug-likeness (QED) is 0.875. The number of thiazole rings is 1. The molecule has 1 aromatic heterocycles. The van der Waals surface area contributed by atoms with Crippen molar-refractivity contribution < 1.29 is 4.79 Å². The molecule has 1 amide bonds. The molecule has 1 aliphatic carbocycles. The highest BCUT2D eigenvalue weighted by Crippen LogP contribution is 2.38. The van der Waals surface area contributed by atoms with Crippen molar-refractivity contribution in [3.63, 3.8) is 0 Å². The van der Waals surface area contributed by atoms with Gasteiger partial charge in [-0.2, -0.15) is 0 Å². The minimum atomic E-state index is 0.0222. The summed E-state index contributed by atoms with van der Waals surface area (Å²) in [6.07, 6.45) is 5.64. The molecular formula is C17H29N3OS. The molecule has 4 nitrogen and oxygen atoms in total. The maximum atomic E-state index is 11.4. The Morgan fingerprint density at radius 3 is 2.77 bits per heavy atom. The highest BCUT2D eigenvalue weighted by molar-refractivity contribution is 7.09. The van der Waals surface area contributed by atoms with Gasteiger partial charge in [-0.25, -0.2) is 4.98 Å². The lowest BCUT2D eigenvalue weighted by Gasteiger charge is -2.41. The minimum Gasteiger partial charge on any atom is -0.359 e. The van der Waals surface area contributed by atoms with Gasteiger partial charge in [0.15, 0.2) is 0 Å². The van der Waals surface area contributed by atoms with Crippen LogP contribution in [0.1, 0.15) is 57.2 Å². The highest BCUT2D eigenvalue weighted by atomic mass is 32.1. The first-order valence-electron chi connectivity index (χ1n) is 8.27. The minimum absolute atomic E-state index is 0.0222. The summed E-state index contributed by atoms with van der Waals surface area (Å²) in [5, 5.41) is 9.32. The zero-order valence-electron chi connectivity index (χ0n) is 14.2. The zero-order valence-corrected chi connectivity index (χ0v) is 15.1. The van der Waals surface area contributed by atoms with Gasteiger partial charge in [-0.3, -0.25) is 4.79 Å². The van der Waals surface area contributed by atoms with Crippen LogP contribution in [0.5, 0.6) is 0 Å². The summed E-state index contributed by atoms with van der Waals surface area (Å²) in [6.45, 7) is 7.85. The number of nitrogens with one attached hydrogen (secondary N) is 2. The van der Waals surface area contributed by atoms with Gasteiger partial charge in [0.1, 0.15) is 5.01 Å². The molecule has 5 heteroatoms. The van der Waals surface area contributed by atoms with Gasteiger partial charge in [0.2, 0.25) is 5.91 Å². The van der Waals surface area contributed by atoms with Crippen molar-refractivity contribution in [2.75, 3.05) is 7.05 Å². The molecular weight excluding hydrogens is 294 g/mol. The van der Waals surface area contributed by atoms with Crippen molar-refractivity contribution in [2.45, 2.75) is 65.5 Å². The third-order valence-corrected chi connectivity index (χ3v) is 5.51. The van der Waals surface area contributed by atoms with Crippen molar-refractivity contribution >= 4 is 17.2 Å². The van der Waals surface area contributed by atoms with E-state index in [-0.39, 0.29) is 5.91 Å². The molecule has 2 N–H and O–H groups in total. The third kappa shape index (κ3) is 4.78. The Morgan fingerprint density at radius 1 is 1.36 bits per heavy atom. The average molecular weight is 324 g/mol. The van der Waals surface area contributed by atoms with Crippen LogP contribution in [0.25, 0.3) is 0 Å². The van der Waals surface area contributed by atoms with E-state index >= 15 is 0 Å². The SMILES string of the molecule is CNC(=O)Cc1nc(CN[C@H]2CCCC[C@H]2C(C)(C)C)cs1. The van der Waals surface area contributed by atoms with Crippen molar-refractivity contribution in [3.05, 3.63) is 16.1 Å². The molecule has 2 rings (SSSR count). The van der Waals surface area contributed by atoms with Crippen LogP contribution in [-0.2, 0) is 17.8 Å². The van der Waals surface area contributed by atoms with Crippen molar-refractivity contribution in [1.82, 2.24) is 15.6 Å². The Hall–Kier alpha value is -0.940. The van der Waals surface area contributed by atoms with E-state index in [2.05, 4.69) is 41.8 Å². The second-order valence-electron chi connectivity index (χ2n) is 7.33. The number of carbonyl (C=O) groups excluding carboxylic acids is 1. The summed E-state index contributed by atoms with van der Waals surface area (Å²) < 4.78 is 0. The second-order valence-corrected chi connectivity index (χ2v) is 8.27. The number of nitrogens with zero attached hydrogens (tertiary/aromatic N) is 1. The van der Waals surface area contributed by atoms with Crippen LogP contribution in [0.3, 0.4) is 0 Å². The fourth-order valence-electron chi connectivity index (χ4n) is 3.38. The second kappa shape index (κ2) is 7.55. The van der Waals surface area contributed by atoms with Gasteiger partial charge < -0.3 is 10.6 Å². The Labute approximate surface area is 138 Å². The van der Waals surface area contributed by atoms with Gasteiger partial charge in [0.05, 0.1) is 12.1 Å². The van der Waals surface area contributed by atoms with Crippen LogP contribution in [0.2, 0.25) is 0 Å². The molecule has 1 fully saturated rings. The lowest BCUT2D eigenvalue weighted by Crippen LogP contribution is -2.43. The molecule has 2 atom stereocenters. The normalized spacial score (nSPS) is 22.5. The molecule has 1 aromatic rings. The topological polar surface area (TPSA) is 54.0 Å². The van der Waals surface area contributed by atoms with E-state index < -0.39 is 0 Å². The van der Waals surface area contributed by atoms with Gasteiger partial charge in [0.25, 0.3) is 0 Å².